The van der Waals surface area contributed by atoms with Gasteiger partial charge in [0.05, 0.1) is 16.1 Å². The maximum Gasteiger partial charge on any atom is 0.259 e. The molecule has 212 valence electrons. The summed E-state index contributed by atoms with van der Waals surface area (Å²) in [6, 6.07) is 20.6. The lowest BCUT2D eigenvalue weighted by molar-refractivity contribution is -0.115. The van der Waals surface area contributed by atoms with E-state index in [4.69, 9.17) is 4.74 Å². The molecule has 8 nitrogen and oxygen atoms in total. The second-order valence-corrected chi connectivity index (χ2v) is 11.6. The van der Waals surface area contributed by atoms with E-state index in [0.717, 1.165) is 17.2 Å². The molecule has 0 bridgehead atoms. The Morgan fingerprint density at radius 2 is 1.46 bits per heavy atom. The smallest absolute Gasteiger partial charge is 0.259 e. The van der Waals surface area contributed by atoms with Crippen LogP contribution in [0.4, 0.5) is 15.8 Å². The van der Waals surface area contributed by atoms with E-state index in [1.807, 2.05) is 13.8 Å². The van der Waals surface area contributed by atoms with Crippen molar-refractivity contribution >= 4 is 33.0 Å². The molecule has 0 saturated heterocycles. The maximum atomic E-state index is 13.3. The maximum absolute atomic E-state index is 13.3. The molecule has 4 aromatic rings. The van der Waals surface area contributed by atoms with Crippen LogP contribution >= 0.6 is 0 Å². The predicted molar refractivity (Wildman–Crippen MR) is 155 cm³/mol. The number of carbonyl (C=O) groups is 2. The van der Waals surface area contributed by atoms with Crippen LogP contribution < -0.4 is 15.4 Å². The summed E-state index contributed by atoms with van der Waals surface area (Å²) in [5, 5.41) is 14.4. The molecule has 41 heavy (non-hydrogen) atoms. The molecule has 1 unspecified atom stereocenters. The Labute approximate surface area is 237 Å². The van der Waals surface area contributed by atoms with Crippen LogP contribution in [0.2, 0.25) is 0 Å². The minimum atomic E-state index is -4.04. The van der Waals surface area contributed by atoms with Gasteiger partial charge in [0, 0.05) is 11.8 Å². The van der Waals surface area contributed by atoms with E-state index in [0.29, 0.717) is 11.4 Å². The second-order valence-electron chi connectivity index (χ2n) is 9.49. The van der Waals surface area contributed by atoms with Crippen LogP contribution in [0.25, 0.3) is 0 Å². The number of hydrogen-bond acceptors (Lipinski definition) is 6. The third kappa shape index (κ3) is 6.90. The van der Waals surface area contributed by atoms with Crippen LogP contribution in [0.1, 0.15) is 34.8 Å². The Kier molecular flexibility index (Phi) is 8.73. The average molecular weight is 577 g/mol. The number of sulfone groups is 1. The van der Waals surface area contributed by atoms with Gasteiger partial charge in [-0.05, 0) is 74.9 Å². The fourth-order valence-corrected chi connectivity index (χ4v) is 5.67. The van der Waals surface area contributed by atoms with Crippen LogP contribution in [0, 0.1) is 19.7 Å². The van der Waals surface area contributed by atoms with Gasteiger partial charge in [0.25, 0.3) is 5.91 Å². The van der Waals surface area contributed by atoms with Crippen molar-refractivity contribution < 1.29 is 32.2 Å². The summed E-state index contributed by atoms with van der Waals surface area (Å²) in [6.07, 6.45) is -0.0136. The normalized spacial score (nSPS) is 11.9. The van der Waals surface area contributed by atoms with Crippen LogP contribution in [0.3, 0.4) is 0 Å². The van der Waals surface area contributed by atoms with E-state index in [2.05, 4.69) is 10.6 Å². The number of aryl methyl sites for hydroxylation is 2. The monoisotopic (exact) mass is 576 g/mol. The Balaban J connectivity index is 1.68. The van der Waals surface area contributed by atoms with Gasteiger partial charge in [-0.25, -0.2) is 12.8 Å². The summed E-state index contributed by atoms with van der Waals surface area (Å²) in [5.41, 5.74) is 1.92. The molecule has 0 aliphatic rings. The molecule has 0 heterocycles. The van der Waals surface area contributed by atoms with E-state index in [-0.39, 0.29) is 28.3 Å². The van der Waals surface area contributed by atoms with Gasteiger partial charge in [0.15, 0.2) is 15.6 Å². The van der Waals surface area contributed by atoms with Gasteiger partial charge >= 0.3 is 0 Å². The van der Waals surface area contributed by atoms with Crippen LogP contribution in [-0.2, 0) is 14.6 Å². The Morgan fingerprint density at radius 3 is 2.05 bits per heavy atom. The Morgan fingerprint density at radius 1 is 0.878 bits per heavy atom. The summed E-state index contributed by atoms with van der Waals surface area (Å²) in [6.45, 7) is 5.30. The van der Waals surface area contributed by atoms with Crippen molar-refractivity contribution in [3.8, 4) is 17.2 Å². The number of phenols is 1. The van der Waals surface area contributed by atoms with Crippen molar-refractivity contribution in [2.75, 3.05) is 10.6 Å². The van der Waals surface area contributed by atoms with E-state index < -0.39 is 38.5 Å². The third-order valence-electron chi connectivity index (χ3n) is 6.34. The molecule has 2 amide bonds. The van der Waals surface area contributed by atoms with Gasteiger partial charge in [-0.2, -0.15) is 0 Å². The number of amides is 2. The first-order valence-corrected chi connectivity index (χ1v) is 14.3. The van der Waals surface area contributed by atoms with E-state index >= 15 is 0 Å². The van der Waals surface area contributed by atoms with Crippen molar-refractivity contribution in [1.29, 1.82) is 0 Å². The highest BCUT2D eigenvalue weighted by molar-refractivity contribution is 7.92. The average Bonchev–Trinajstić information content (AvgIpc) is 2.93. The molecular weight excluding hydrogens is 547 g/mol. The Bertz CT molecular complexity index is 1670. The zero-order valence-corrected chi connectivity index (χ0v) is 23.5. The van der Waals surface area contributed by atoms with Crippen molar-refractivity contribution in [2.24, 2.45) is 0 Å². The molecule has 3 N–H and O–H groups in total. The fourth-order valence-electron chi connectivity index (χ4n) is 4.05. The largest absolute Gasteiger partial charge is 0.507 e. The zero-order valence-electron chi connectivity index (χ0n) is 22.6. The number of phenolic OH excluding ortho intramolecular Hbond substituents is 1. The first-order chi connectivity index (χ1) is 19.5. The molecule has 0 aromatic heterocycles. The Hall–Kier alpha value is -4.70. The molecular formula is C31H29FN2O6S. The predicted octanol–water partition coefficient (Wildman–Crippen LogP) is 6.38. The highest BCUT2D eigenvalue weighted by Gasteiger charge is 2.33. The minimum absolute atomic E-state index is 0.00755. The van der Waals surface area contributed by atoms with Crippen molar-refractivity contribution in [1.82, 2.24) is 0 Å². The fraction of sp³-hybridized carbons (Fsp3) is 0.161. The summed E-state index contributed by atoms with van der Waals surface area (Å²) < 4.78 is 45.8. The SMILES string of the molecule is CCC(C(=O)Nc1cc(O)c(C(=O)Nc2ccc(F)cc2)cc1Oc1ccc(C)cc1)S(=O)(=O)c1ccc(C)cc1. The van der Waals surface area contributed by atoms with Crippen molar-refractivity contribution in [2.45, 2.75) is 37.3 Å². The van der Waals surface area contributed by atoms with Gasteiger partial charge in [-0.1, -0.05) is 42.3 Å². The number of hydrogen-bond donors (Lipinski definition) is 3. The molecule has 10 heteroatoms. The molecule has 0 spiro atoms. The molecule has 0 fully saturated rings. The first-order valence-electron chi connectivity index (χ1n) is 12.8. The number of benzene rings is 4. The van der Waals surface area contributed by atoms with Crippen molar-refractivity contribution in [3.05, 3.63) is 107 Å². The summed E-state index contributed by atoms with van der Waals surface area (Å²) in [5.74, 6) is -2.15. The summed E-state index contributed by atoms with van der Waals surface area (Å²) in [7, 11) is -4.04. The number of ether oxygens (including phenoxy) is 1. The van der Waals surface area contributed by atoms with E-state index in [9.17, 15) is 27.5 Å². The number of halogens is 1. The minimum Gasteiger partial charge on any atom is -0.507 e. The van der Waals surface area contributed by atoms with Crippen LogP contribution in [0.15, 0.2) is 89.8 Å². The van der Waals surface area contributed by atoms with Crippen molar-refractivity contribution in [3.63, 3.8) is 0 Å². The van der Waals surface area contributed by atoms with Crippen LogP contribution in [0.5, 0.6) is 17.2 Å². The number of carbonyl (C=O) groups excluding carboxylic acids is 2. The number of nitrogens with one attached hydrogen (secondary N) is 2. The molecule has 0 aliphatic heterocycles. The topological polar surface area (TPSA) is 122 Å². The third-order valence-corrected chi connectivity index (χ3v) is 8.56. The van der Waals surface area contributed by atoms with E-state index in [1.54, 1.807) is 43.3 Å². The van der Waals surface area contributed by atoms with Gasteiger partial charge in [0.2, 0.25) is 5.91 Å². The van der Waals surface area contributed by atoms with E-state index in [1.165, 1.54) is 42.5 Å². The zero-order chi connectivity index (χ0) is 29.7. The van der Waals surface area contributed by atoms with Gasteiger partial charge in [0.1, 0.15) is 22.6 Å². The van der Waals surface area contributed by atoms with Gasteiger partial charge in [-0.15, -0.1) is 0 Å². The van der Waals surface area contributed by atoms with Gasteiger partial charge < -0.3 is 20.5 Å². The number of rotatable bonds is 9. The van der Waals surface area contributed by atoms with Crippen LogP contribution in [-0.4, -0.2) is 30.6 Å². The number of aromatic hydroxyl groups is 1. The summed E-state index contributed by atoms with van der Waals surface area (Å²) in [4.78, 5) is 26.3. The van der Waals surface area contributed by atoms with Gasteiger partial charge in [-0.3, -0.25) is 9.59 Å². The lowest BCUT2D eigenvalue weighted by atomic mass is 10.1. The summed E-state index contributed by atoms with van der Waals surface area (Å²) >= 11 is 0. The molecule has 4 aromatic carbocycles. The number of anilines is 2. The highest BCUT2D eigenvalue weighted by Crippen LogP contribution is 2.36. The molecule has 1 atom stereocenters. The quantitative estimate of drug-likeness (QED) is 0.212. The molecule has 0 radical (unpaired) electrons. The lowest BCUT2D eigenvalue weighted by Gasteiger charge is -2.19. The second kappa shape index (κ2) is 12.2. The standard InChI is InChI=1S/C31H29FN2O6S/c1-4-29(41(38,39)24-15-7-20(3)8-16-24)31(37)34-26-18-27(35)25(30(36)33-22-11-9-21(32)10-12-22)17-28(26)40-23-13-5-19(2)6-14-23/h5-18,29,35H,4H2,1-3H3,(H,33,36)(H,34,37). The highest BCUT2D eigenvalue weighted by atomic mass is 32.2. The lowest BCUT2D eigenvalue weighted by Crippen LogP contribution is -2.34. The first kappa shape index (κ1) is 29.3. The molecule has 4 rings (SSSR count). The molecule has 0 aliphatic carbocycles. The molecule has 0 saturated carbocycles.